The van der Waals surface area contributed by atoms with Crippen molar-refractivity contribution in [3.05, 3.63) is 23.9 Å². The normalized spacial score (nSPS) is 12.1. The second-order valence-electron chi connectivity index (χ2n) is 4.57. The van der Waals surface area contributed by atoms with Gasteiger partial charge in [0.25, 0.3) is 0 Å². The summed E-state index contributed by atoms with van der Waals surface area (Å²) in [7, 11) is 0. The Balaban J connectivity index is 2.59. The minimum absolute atomic E-state index is 0.440. The van der Waals surface area contributed by atoms with Gasteiger partial charge in [-0.15, -0.1) is 0 Å². The molecule has 18 heavy (non-hydrogen) atoms. The maximum atomic E-state index is 10.9. The quantitative estimate of drug-likeness (QED) is 0.744. The summed E-state index contributed by atoms with van der Waals surface area (Å²) in [5.41, 5.74) is 5.62. The molecule has 0 saturated heterocycles. The minimum atomic E-state index is -0.440. The third kappa shape index (κ3) is 4.73. The molecule has 1 rings (SSSR count). The number of amides is 1. The lowest BCUT2D eigenvalue weighted by atomic mass is 10.1. The molecule has 0 aliphatic heterocycles. The van der Waals surface area contributed by atoms with E-state index in [1.165, 1.54) is 19.0 Å². The first-order valence-corrected chi connectivity index (χ1v) is 6.69. The highest BCUT2D eigenvalue weighted by molar-refractivity contribution is 5.92. The lowest BCUT2D eigenvalue weighted by Gasteiger charge is -2.18. The molecule has 1 amide bonds. The van der Waals surface area contributed by atoms with Crippen molar-refractivity contribution in [2.24, 2.45) is 5.73 Å². The molecule has 0 fully saturated rings. The molecule has 4 nitrogen and oxygen atoms in total. The molecule has 0 saturated carbocycles. The molecule has 0 bridgehead atoms. The lowest BCUT2D eigenvalue weighted by molar-refractivity contribution is 0.1000. The largest absolute Gasteiger partial charge is 0.367 e. The fraction of sp³-hybridized carbons (Fsp3) is 0.571. The van der Waals surface area contributed by atoms with Crippen LogP contribution in [0.2, 0.25) is 0 Å². The number of nitrogens with zero attached hydrogens (tertiary/aromatic N) is 1. The number of aromatic nitrogens is 1. The first-order valence-electron chi connectivity index (χ1n) is 6.69. The molecule has 0 radical (unpaired) electrons. The van der Waals surface area contributed by atoms with Crippen molar-refractivity contribution in [1.29, 1.82) is 0 Å². The minimum Gasteiger partial charge on any atom is -0.367 e. The van der Waals surface area contributed by atoms with Gasteiger partial charge in [-0.2, -0.15) is 0 Å². The molecule has 0 aliphatic rings. The van der Waals surface area contributed by atoms with E-state index in [4.69, 9.17) is 5.73 Å². The third-order valence-electron chi connectivity index (χ3n) is 2.94. The predicted molar refractivity (Wildman–Crippen MR) is 74.6 cm³/mol. The molecule has 1 atom stereocenters. The predicted octanol–water partition coefficient (Wildman–Crippen LogP) is 2.95. The molecule has 1 unspecified atom stereocenters. The van der Waals surface area contributed by atoms with Gasteiger partial charge in [-0.05, 0) is 25.0 Å². The van der Waals surface area contributed by atoms with E-state index < -0.39 is 5.91 Å². The summed E-state index contributed by atoms with van der Waals surface area (Å²) >= 11 is 0. The summed E-state index contributed by atoms with van der Waals surface area (Å²) in [6.07, 6.45) is 7.39. The van der Waals surface area contributed by atoms with Gasteiger partial charge >= 0.3 is 0 Å². The number of hydrogen-bond donors (Lipinski definition) is 2. The van der Waals surface area contributed by atoms with Crippen molar-refractivity contribution in [3.63, 3.8) is 0 Å². The summed E-state index contributed by atoms with van der Waals surface area (Å²) in [6.45, 7) is 4.38. The van der Waals surface area contributed by atoms with E-state index in [2.05, 4.69) is 24.1 Å². The average Bonchev–Trinajstić information content (AvgIpc) is 2.37. The van der Waals surface area contributed by atoms with Crippen molar-refractivity contribution in [3.8, 4) is 0 Å². The van der Waals surface area contributed by atoms with Crippen LogP contribution in [0.3, 0.4) is 0 Å². The van der Waals surface area contributed by atoms with Crippen molar-refractivity contribution < 1.29 is 4.79 Å². The van der Waals surface area contributed by atoms with Crippen molar-refractivity contribution in [2.45, 2.75) is 52.0 Å². The van der Waals surface area contributed by atoms with Crippen molar-refractivity contribution in [1.82, 2.24) is 4.98 Å². The van der Waals surface area contributed by atoms with Crippen molar-refractivity contribution >= 4 is 11.7 Å². The van der Waals surface area contributed by atoms with Crippen LogP contribution in [0, 0.1) is 0 Å². The Bertz CT molecular complexity index is 362. The summed E-state index contributed by atoms with van der Waals surface area (Å²) in [5, 5.41) is 3.42. The molecule has 0 aliphatic carbocycles. The van der Waals surface area contributed by atoms with Gasteiger partial charge in [-0.25, -0.2) is 4.98 Å². The monoisotopic (exact) mass is 249 g/mol. The van der Waals surface area contributed by atoms with Crippen LogP contribution in [0.15, 0.2) is 18.3 Å². The molecule has 1 aromatic rings. The molecule has 1 heterocycles. The summed E-state index contributed by atoms with van der Waals surface area (Å²) in [5.74, 6) is 0.375. The van der Waals surface area contributed by atoms with Crippen LogP contribution < -0.4 is 11.1 Å². The lowest BCUT2D eigenvalue weighted by Crippen LogP contribution is -2.20. The fourth-order valence-electron chi connectivity index (χ4n) is 1.92. The molecule has 0 aromatic carbocycles. The number of nitrogens with two attached hydrogens (primary N) is 1. The van der Waals surface area contributed by atoms with Gasteiger partial charge in [0.15, 0.2) is 0 Å². The fourth-order valence-corrected chi connectivity index (χ4v) is 1.92. The summed E-state index contributed by atoms with van der Waals surface area (Å²) < 4.78 is 0. The van der Waals surface area contributed by atoms with E-state index in [0.717, 1.165) is 25.1 Å². The molecular weight excluding hydrogens is 226 g/mol. The van der Waals surface area contributed by atoms with E-state index >= 15 is 0 Å². The van der Waals surface area contributed by atoms with Gasteiger partial charge in [-0.3, -0.25) is 4.79 Å². The number of pyridine rings is 1. The number of unbranched alkanes of at least 4 members (excludes halogenated alkanes) is 1. The zero-order valence-corrected chi connectivity index (χ0v) is 11.3. The van der Waals surface area contributed by atoms with Crippen LogP contribution in [0.25, 0.3) is 0 Å². The Morgan fingerprint density at radius 1 is 1.33 bits per heavy atom. The van der Waals surface area contributed by atoms with Gasteiger partial charge in [0.1, 0.15) is 5.82 Å². The molecular formula is C14H23N3O. The smallest absolute Gasteiger partial charge is 0.250 e. The molecule has 0 spiro atoms. The van der Waals surface area contributed by atoms with Crippen LogP contribution in [0.1, 0.15) is 56.3 Å². The maximum absolute atomic E-state index is 10.9. The molecule has 4 heteroatoms. The molecule has 100 valence electrons. The summed E-state index contributed by atoms with van der Waals surface area (Å²) in [4.78, 5) is 15.2. The highest BCUT2D eigenvalue weighted by Crippen LogP contribution is 2.13. The number of carbonyl (C=O) groups is 1. The van der Waals surface area contributed by atoms with Crippen LogP contribution in [-0.4, -0.2) is 16.9 Å². The second-order valence-corrected chi connectivity index (χ2v) is 4.57. The number of hydrogen-bond acceptors (Lipinski definition) is 3. The zero-order chi connectivity index (χ0) is 13.4. The first kappa shape index (κ1) is 14.5. The second kappa shape index (κ2) is 7.69. The van der Waals surface area contributed by atoms with Gasteiger partial charge in [-0.1, -0.05) is 33.1 Å². The van der Waals surface area contributed by atoms with Gasteiger partial charge in [0.2, 0.25) is 5.91 Å². The topological polar surface area (TPSA) is 68.0 Å². The standard InChI is InChI=1S/C14H23N3O/c1-3-5-7-12(6-4-2)17-13-9-8-11(10-16-13)14(15)18/h8-10,12H,3-7H2,1-2H3,(H2,15,18)(H,16,17). The van der Waals surface area contributed by atoms with E-state index in [0.29, 0.717) is 11.6 Å². The summed E-state index contributed by atoms with van der Waals surface area (Å²) in [6, 6.07) is 3.98. The van der Waals surface area contributed by atoms with E-state index in [-0.39, 0.29) is 0 Å². The van der Waals surface area contributed by atoms with Crippen LogP contribution in [0.4, 0.5) is 5.82 Å². The Morgan fingerprint density at radius 2 is 2.11 bits per heavy atom. The Kier molecular flexibility index (Phi) is 6.19. The maximum Gasteiger partial charge on any atom is 0.250 e. The molecule has 3 N–H and O–H groups in total. The van der Waals surface area contributed by atoms with Gasteiger partial charge < -0.3 is 11.1 Å². The van der Waals surface area contributed by atoms with E-state index in [1.54, 1.807) is 6.07 Å². The number of nitrogens with one attached hydrogen (secondary N) is 1. The number of rotatable bonds is 8. The highest BCUT2D eigenvalue weighted by Gasteiger charge is 2.08. The Hall–Kier alpha value is -1.58. The van der Waals surface area contributed by atoms with Crippen molar-refractivity contribution in [2.75, 3.05) is 5.32 Å². The van der Waals surface area contributed by atoms with E-state index in [9.17, 15) is 4.79 Å². The first-order chi connectivity index (χ1) is 8.67. The molecule has 1 aromatic heterocycles. The van der Waals surface area contributed by atoms with Gasteiger partial charge in [0.05, 0.1) is 5.56 Å². The average molecular weight is 249 g/mol. The highest BCUT2D eigenvalue weighted by atomic mass is 16.1. The SMILES string of the molecule is CCCCC(CCC)Nc1ccc(C(N)=O)cn1. The van der Waals surface area contributed by atoms with Gasteiger partial charge in [0, 0.05) is 12.2 Å². The Labute approximate surface area is 109 Å². The van der Waals surface area contributed by atoms with E-state index in [1.807, 2.05) is 6.07 Å². The number of anilines is 1. The third-order valence-corrected chi connectivity index (χ3v) is 2.94. The number of carbonyl (C=O) groups excluding carboxylic acids is 1. The van der Waals surface area contributed by atoms with Crippen LogP contribution in [-0.2, 0) is 0 Å². The number of primary amides is 1. The Morgan fingerprint density at radius 3 is 2.61 bits per heavy atom. The zero-order valence-electron chi connectivity index (χ0n) is 11.3. The van der Waals surface area contributed by atoms with Crippen LogP contribution >= 0.6 is 0 Å². The van der Waals surface area contributed by atoms with Crippen LogP contribution in [0.5, 0.6) is 0 Å².